The lowest BCUT2D eigenvalue weighted by Crippen LogP contribution is -2.40. The highest BCUT2D eigenvalue weighted by Gasteiger charge is 2.27. The second-order valence-electron chi connectivity index (χ2n) is 8.05. The number of nitrogens with zero attached hydrogens (tertiary/aromatic N) is 5. The number of aromatic nitrogens is 4. The van der Waals surface area contributed by atoms with Crippen molar-refractivity contribution < 1.29 is 4.79 Å². The maximum absolute atomic E-state index is 12.9. The van der Waals surface area contributed by atoms with E-state index in [4.69, 9.17) is 0 Å². The summed E-state index contributed by atoms with van der Waals surface area (Å²) in [6, 6.07) is 8.97. The maximum atomic E-state index is 12.9. The SMILES string of the molecule is O=C(c1ccc2nccnc2c1)N1CCC(Cn2nc(C3CC3)ccc2=O)CC1. The van der Waals surface area contributed by atoms with Crippen LogP contribution < -0.4 is 5.56 Å². The minimum atomic E-state index is -0.0369. The first-order valence-corrected chi connectivity index (χ1v) is 10.3. The molecular formula is C22H23N5O2. The third kappa shape index (κ3) is 3.77. The Morgan fingerprint density at radius 1 is 0.966 bits per heavy atom. The molecule has 0 atom stereocenters. The molecule has 3 aromatic rings. The van der Waals surface area contributed by atoms with Crippen LogP contribution in [0, 0.1) is 5.92 Å². The average Bonchev–Trinajstić information content (AvgIpc) is 3.60. The predicted molar refractivity (Wildman–Crippen MR) is 109 cm³/mol. The van der Waals surface area contributed by atoms with Crippen LogP contribution in [0.4, 0.5) is 0 Å². The van der Waals surface area contributed by atoms with E-state index in [1.165, 1.54) is 12.8 Å². The molecule has 5 rings (SSSR count). The monoisotopic (exact) mass is 389 g/mol. The summed E-state index contributed by atoms with van der Waals surface area (Å²) in [5.41, 5.74) is 3.16. The van der Waals surface area contributed by atoms with Gasteiger partial charge in [0.05, 0.1) is 16.7 Å². The van der Waals surface area contributed by atoms with E-state index in [1.54, 1.807) is 23.1 Å². The standard InChI is InChI=1S/C22H23N5O2/c28-21-6-5-18(16-1-2-16)25-27(21)14-15-7-11-26(12-8-15)22(29)17-3-4-19-20(13-17)24-10-9-23-19/h3-6,9-10,13,15-16H,1-2,7-8,11-12,14H2. The van der Waals surface area contributed by atoms with Gasteiger partial charge in [-0.25, -0.2) is 4.68 Å². The van der Waals surface area contributed by atoms with Crippen LogP contribution in [-0.2, 0) is 6.54 Å². The molecule has 1 saturated carbocycles. The maximum Gasteiger partial charge on any atom is 0.266 e. The second-order valence-corrected chi connectivity index (χ2v) is 8.05. The van der Waals surface area contributed by atoms with E-state index in [0.29, 0.717) is 37.0 Å². The van der Waals surface area contributed by atoms with Crippen LogP contribution in [0.25, 0.3) is 11.0 Å². The van der Waals surface area contributed by atoms with E-state index in [0.717, 1.165) is 29.6 Å². The lowest BCUT2D eigenvalue weighted by atomic mass is 9.96. The summed E-state index contributed by atoms with van der Waals surface area (Å²) in [5, 5.41) is 4.57. The summed E-state index contributed by atoms with van der Waals surface area (Å²) in [6.07, 6.45) is 7.38. The van der Waals surface area contributed by atoms with Gasteiger partial charge in [0.25, 0.3) is 11.5 Å². The van der Waals surface area contributed by atoms with Crippen molar-refractivity contribution >= 4 is 16.9 Å². The Labute approximate surface area is 168 Å². The van der Waals surface area contributed by atoms with E-state index in [1.807, 2.05) is 29.2 Å². The fraction of sp³-hybridized carbons (Fsp3) is 0.409. The molecule has 7 nitrogen and oxygen atoms in total. The molecular weight excluding hydrogens is 366 g/mol. The molecule has 1 aliphatic carbocycles. The van der Waals surface area contributed by atoms with E-state index in [-0.39, 0.29) is 11.5 Å². The van der Waals surface area contributed by atoms with E-state index in [9.17, 15) is 9.59 Å². The van der Waals surface area contributed by atoms with Crippen molar-refractivity contribution in [1.29, 1.82) is 0 Å². The van der Waals surface area contributed by atoms with Gasteiger partial charge in [-0.05, 0) is 55.9 Å². The second kappa shape index (κ2) is 7.39. The number of piperidine rings is 1. The number of rotatable bonds is 4. The first-order valence-electron chi connectivity index (χ1n) is 10.3. The Hall–Kier alpha value is -3.09. The van der Waals surface area contributed by atoms with Crippen molar-refractivity contribution in [3.8, 4) is 0 Å². The summed E-state index contributed by atoms with van der Waals surface area (Å²) in [5.74, 6) is 0.927. The number of hydrogen-bond acceptors (Lipinski definition) is 5. The van der Waals surface area contributed by atoms with Gasteiger partial charge in [0.15, 0.2) is 0 Å². The van der Waals surface area contributed by atoms with Gasteiger partial charge < -0.3 is 4.90 Å². The molecule has 1 saturated heterocycles. The molecule has 1 aliphatic heterocycles. The van der Waals surface area contributed by atoms with Crippen LogP contribution in [0.2, 0.25) is 0 Å². The number of hydrogen-bond donors (Lipinski definition) is 0. The summed E-state index contributed by atoms with van der Waals surface area (Å²) < 4.78 is 1.62. The summed E-state index contributed by atoms with van der Waals surface area (Å²) in [4.78, 5) is 35.5. The minimum absolute atomic E-state index is 0.0297. The Bertz CT molecular complexity index is 1110. The quantitative estimate of drug-likeness (QED) is 0.685. The molecule has 7 heteroatoms. The normalized spacial score (nSPS) is 17.6. The third-order valence-electron chi connectivity index (χ3n) is 5.93. The van der Waals surface area contributed by atoms with Gasteiger partial charge in [-0.3, -0.25) is 19.6 Å². The predicted octanol–water partition coefficient (Wildman–Crippen LogP) is 2.62. The van der Waals surface area contributed by atoms with Crippen LogP contribution >= 0.6 is 0 Å². The first kappa shape index (κ1) is 18.0. The van der Waals surface area contributed by atoms with Crippen LogP contribution in [0.5, 0.6) is 0 Å². The van der Waals surface area contributed by atoms with Crippen molar-refractivity contribution in [2.24, 2.45) is 5.92 Å². The third-order valence-corrected chi connectivity index (χ3v) is 5.93. The van der Waals surface area contributed by atoms with Gasteiger partial charge in [-0.2, -0.15) is 5.10 Å². The van der Waals surface area contributed by atoms with Crippen molar-refractivity contribution in [2.45, 2.75) is 38.1 Å². The van der Waals surface area contributed by atoms with E-state index in [2.05, 4.69) is 15.1 Å². The molecule has 0 unspecified atom stereocenters. The first-order chi connectivity index (χ1) is 14.2. The number of carbonyl (C=O) groups excluding carboxylic acids is 1. The van der Waals surface area contributed by atoms with Crippen LogP contribution in [0.3, 0.4) is 0 Å². The molecule has 1 aromatic carbocycles. The van der Waals surface area contributed by atoms with Crippen molar-refractivity contribution in [3.63, 3.8) is 0 Å². The molecule has 0 spiro atoms. The Balaban J connectivity index is 1.23. The highest BCUT2D eigenvalue weighted by Crippen LogP contribution is 2.38. The van der Waals surface area contributed by atoms with Crippen LogP contribution in [0.15, 0.2) is 47.5 Å². The van der Waals surface area contributed by atoms with Crippen LogP contribution in [-0.4, -0.2) is 43.6 Å². The van der Waals surface area contributed by atoms with Crippen LogP contribution in [0.1, 0.15) is 47.7 Å². The van der Waals surface area contributed by atoms with Gasteiger partial charge in [0.1, 0.15) is 0 Å². The molecule has 0 radical (unpaired) electrons. The largest absolute Gasteiger partial charge is 0.339 e. The van der Waals surface area contributed by atoms with Crippen molar-refractivity contribution in [1.82, 2.24) is 24.6 Å². The summed E-state index contributed by atoms with van der Waals surface area (Å²) in [7, 11) is 0. The Morgan fingerprint density at radius 2 is 1.72 bits per heavy atom. The van der Waals surface area contributed by atoms with Crippen molar-refractivity contribution in [2.75, 3.05) is 13.1 Å². The number of amides is 1. The fourth-order valence-corrected chi connectivity index (χ4v) is 4.03. The van der Waals surface area contributed by atoms with E-state index >= 15 is 0 Å². The van der Waals surface area contributed by atoms with Gasteiger partial charge >= 0.3 is 0 Å². The zero-order valence-electron chi connectivity index (χ0n) is 16.2. The Kier molecular flexibility index (Phi) is 4.58. The fourth-order valence-electron chi connectivity index (χ4n) is 4.03. The van der Waals surface area contributed by atoms with Gasteiger partial charge in [-0.15, -0.1) is 0 Å². The minimum Gasteiger partial charge on any atom is -0.339 e. The molecule has 3 heterocycles. The molecule has 2 aromatic heterocycles. The molecule has 148 valence electrons. The summed E-state index contributed by atoms with van der Waals surface area (Å²) >= 11 is 0. The van der Waals surface area contributed by atoms with Crippen molar-refractivity contribution in [3.05, 3.63) is 64.3 Å². The zero-order valence-corrected chi connectivity index (χ0v) is 16.2. The lowest BCUT2D eigenvalue weighted by Gasteiger charge is -2.32. The number of benzene rings is 1. The average molecular weight is 389 g/mol. The lowest BCUT2D eigenvalue weighted by molar-refractivity contribution is 0.0680. The highest BCUT2D eigenvalue weighted by molar-refractivity contribution is 5.97. The molecule has 0 bridgehead atoms. The molecule has 29 heavy (non-hydrogen) atoms. The topological polar surface area (TPSA) is 81.0 Å². The number of fused-ring (bicyclic) bond motifs is 1. The zero-order chi connectivity index (χ0) is 19.8. The smallest absolute Gasteiger partial charge is 0.266 e. The summed E-state index contributed by atoms with van der Waals surface area (Å²) in [6.45, 7) is 2.02. The molecule has 2 aliphatic rings. The van der Waals surface area contributed by atoms with Gasteiger partial charge in [-0.1, -0.05) is 0 Å². The number of carbonyl (C=O) groups is 1. The molecule has 1 amide bonds. The number of likely N-dealkylation sites (tertiary alicyclic amines) is 1. The Morgan fingerprint density at radius 3 is 2.48 bits per heavy atom. The highest BCUT2D eigenvalue weighted by atomic mass is 16.2. The van der Waals surface area contributed by atoms with E-state index < -0.39 is 0 Å². The molecule has 0 N–H and O–H groups in total. The van der Waals surface area contributed by atoms with Gasteiger partial charge in [0.2, 0.25) is 0 Å². The van der Waals surface area contributed by atoms with Gasteiger partial charge in [0, 0.05) is 49.6 Å². The molecule has 2 fully saturated rings.